The summed E-state index contributed by atoms with van der Waals surface area (Å²) >= 11 is 0. The van der Waals surface area contributed by atoms with Crippen LogP contribution in [0.3, 0.4) is 0 Å². The Labute approximate surface area is 52.0 Å². The van der Waals surface area contributed by atoms with Crippen molar-refractivity contribution in [2.75, 3.05) is 0 Å². The molecule has 1 aromatic heterocycles. The number of hydrogen-bond acceptors (Lipinski definition) is 3. The van der Waals surface area contributed by atoms with Gasteiger partial charge in [-0.2, -0.15) is 0 Å². The summed E-state index contributed by atoms with van der Waals surface area (Å²) < 4.78 is 4.78. The highest BCUT2D eigenvalue weighted by molar-refractivity contribution is 5.82. The van der Waals surface area contributed by atoms with Crippen molar-refractivity contribution in [3.05, 3.63) is 18.4 Å². The lowest BCUT2D eigenvalue weighted by molar-refractivity contribution is 0.539. The van der Waals surface area contributed by atoms with Crippen LogP contribution >= 0.6 is 0 Å². The standard InChI is InChI=1S/C6H5NO2/c1-5(4-8)6-7-2-3-9-6/h2-3H,1H3. The summed E-state index contributed by atoms with van der Waals surface area (Å²) in [5.74, 6) is 2.02. The minimum absolute atomic E-state index is 0.338. The lowest BCUT2D eigenvalue weighted by atomic mass is 10.3. The molecule has 1 aromatic rings. The monoisotopic (exact) mass is 123 g/mol. The second-order valence-electron chi connectivity index (χ2n) is 1.56. The third-order valence-electron chi connectivity index (χ3n) is 0.906. The molecular weight excluding hydrogens is 118 g/mol. The third-order valence-corrected chi connectivity index (χ3v) is 0.906. The summed E-state index contributed by atoms with van der Waals surface area (Å²) in [6, 6.07) is 0. The minimum atomic E-state index is 0.338. The molecule has 0 N–H and O–H groups in total. The zero-order valence-electron chi connectivity index (χ0n) is 4.92. The van der Waals surface area contributed by atoms with Crippen molar-refractivity contribution in [3.63, 3.8) is 0 Å². The second kappa shape index (κ2) is 2.29. The van der Waals surface area contributed by atoms with Crippen LogP contribution in [0.2, 0.25) is 0 Å². The highest BCUT2D eigenvalue weighted by atomic mass is 16.3. The quantitative estimate of drug-likeness (QED) is 0.521. The maximum absolute atomic E-state index is 9.94. The predicted molar refractivity (Wildman–Crippen MR) is 31.3 cm³/mol. The second-order valence-corrected chi connectivity index (χ2v) is 1.56. The van der Waals surface area contributed by atoms with Crippen LogP contribution in [0.25, 0.3) is 5.57 Å². The molecule has 1 rings (SSSR count). The van der Waals surface area contributed by atoms with Gasteiger partial charge in [-0.1, -0.05) is 0 Å². The van der Waals surface area contributed by atoms with Crippen LogP contribution in [-0.4, -0.2) is 10.9 Å². The number of hydrogen-bond donors (Lipinski definition) is 0. The Bertz CT molecular complexity index is 232. The van der Waals surface area contributed by atoms with Gasteiger partial charge in [0.15, 0.2) is 0 Å². The highest BCUT2D eigenvalue weighted by Gasteiger charge is 1.97. The maximum Gasteiger partial charge on any atom is 0.232 e. The first kappa shape index (κ1) is 5.79. The lowest BCUT2D eigenvalue weighted by Crippen LogP contribution is -1.76. The van der Waals surface area contributed by atoms with E-state index in [0.29, 0.717) is 11.5 Å². The van der Waals surface area contributed by atoms with E-state index in [0.717, 1.165) is 0 Å². The van der Waals surface area contributed by atoms with Gasteiger partial charge in [-0.15, -0.1) is 0 Å². The number of aromatic nitrogens is 1. The zero-order valence-corrected chi connectivity index (χ0v) is 4.92. The van der Waals surface area contributed by atoms with E-state index in [1.54, 1.807) is 12.9 Å². The van der Waals surface area contributed by atoms with Crippen LogP contribution in [0.5, 0.6) is 0 Å². The molecule has 0 aliphatic rings. The van der Waals surface area contributed by atoms with Crippen molar-refractivity contribution in [2.24, 2.45) is 0 Å². The van der Waals surface area contributed by atoms with Gasteiger partial charge < -0.3 is 4.42 Å². The molecule has 0 saturated carbocycles. The summed E-state index contributed by atoms with van der Waals surface area (Å²) in [6.45, 7) is 1.60. The molecular formula is C6H5NO2. The number of nitrogens with zero attached hydrogens (tertiary/aromatic N) is 1. The average Bonchev–Trinajstić information content (AvgIpc) is 2.37. The van der Waals surface area contributed by atoms with Crippen LogP contribution in [-0.2, 0) is 4.79 Å². The summed E-state index contributed by atoms with van der Waals surface area (Å²) in [6.07, 6.45) is 2.90. The zero-order chi connectivity index (χ0) is 6.69. The van der Waals surface area contributed by atoms with Gasteiger partial charge in [0.25, 0.3) is 0 Å². The highest BCUT2D eigenvalue weighted by Crippen LogP contribution is 2.04. The lowest BCUT2D eigenvalue weighted by Gasteiger charge is -1.81. The van der Waals surface area contributed by atoms with Crippen molar-refractivity contribution in [3.8, 4) is 0 Å². The van der Waals surface area contributed by atoms with Gasteiger partial charge in [0, 0.05) is 0 Å². The number of carbonyl (C=O) groups excluding carboxylic acids is 1. The van der Waals surface area contributed by atoms with E-state index < -0.39 is 0 Å². The van der Waals surface area contributed by atoms with E-state index in [1.807, 2.05) is 0 Å². The van der Waals surface area contributed by atoms with Crippen molar-refractivity contribution >= 4 is 11.5 Å². The van der Waals surface area contributed by atoms with Gasteiger partial charge >= 0.3 is 0 Å². The minimum Gasteiger partial charge on any atom is -0.444 e. The largest absolute Gasteiger partial charge is 0.444 e. The van der Waals surface area contributed by atoms with Crippen molar-refractivity contribution < 1.29 is 9.21 Å². The average molecular weight is 123 g/mol. The smallest absolute Gasteiger partial charge is 0.232 e. The predicted octanol–water partition coefficient (Wildman–Crippen LogP) is 0.909. The van der Waals surface area contributed by atoms with Gasteiger partial charge in [0.05, 0.1) is 11.8 Å². The van der Waals surface area contributed by atoms with Crippen molar-refractivity contribution in [1.29, 1.82) is 0 Å². The number of oxazole rings is 1. The van der Waals surface area contributed by atoms with E-state index in [2.05, 4.69) is 4.98 Å². The molecule has 0 saturated heterocycles. The molecule has 3 nitrogen and oxygen atoms in total. The third kappa shape index (κ3) is 1.06. The Morgan fingerprint density at radius 2 is 2.67 bits per heavy atom. The molecule has 0 aromatic carbocycles. The fraction of sp³-hybridized carbons (Fsp3) is 0.167. The molecule has 1 heterocycles. The van der Waals surface area contributed by atoms with Crippen molar-refractivity contribution in [2.45, 2.75) is 6.92 Å². The number of allylic oxidation sites excluding steroid dienone is 1. The fourth-order valence-corrected chi connectivity index (χ4v) is 0.452. The van der Waals surface area contributed by atoms with Gasteiger partial charge in [-0.3, -0.25) is 0 Å². The molecule has 0 spiro atoms. The Morgan fingerprint density at radius 1 is 1.89 bits per heavy atom. The van der Waals surface area contributed by atoms with Crippen LogP contribution in [0.15, 0.2) is 16.9 Å². The summed E-state index contributed by atoms with van der Waals surface area (Å²) in [5.41, 5.74) is 0.389. The molecule has 0 atom stereocenters. The molecule has 0 unspecified atom stereocenters. The van der Waals surface area contributed by atoms with Crippen molar-refractivity contribution in [1.82, 2.24) is 4.98 Å². The van der Waals surface area contributed by atoms with E-state index in [9.17, 15) is 4.79 Å². The van der Waals surface area contributed by atoms with Crippen LogP contribution in [0, 0.1) is 0 Å². The van der Waals surface area contributed by atoms with E-state index in [4.69, 9.17) is 4.42 Å². The summed E-state index contributed by atoms with van der Waals surface area (Å²) in [7, 11) is 0. The van der Waals surface area contributed by atoms with Crippen LogP contribution in [0.1, 0.15) is 12.8 Å². The molecule has 0 bridgehead atoms. The molecule has 3 heteroatoms. The number of rotatable bonds is 1. The molecule has 46 valence electrons. The van der Waals surface area contributed by atoms with E-state index in [1.165, 1.54) is 12.5 Å². The Kier molecular flexibility index (Phi) is 1.47. The van der Waals surface area contributed by atoms with E-state index >= 15 is 0 Å². The Morgan fingerprint density at radius 3 is 3.11 bits per heavy atom. The molecule has 0 fully saturated rings. The summed E-state index contributed by atoms with van der Waals surface area (Å²) in [4.78, 5) is 13.7. The topological polar surface area (TPSA) is 43.1 Å². The van der Waals surface area contributed by atoms with Crippen LogP contribution < -0.4 is 0 Å². The summed E-state index contributed by atoms with van der Waals surface area (Å²) in [5, 5.41) is 0. The van der Waals surface area contributed by atoms with Gasteiger partial charge in [-0.25, -0.2) is 9.78 Å². The van der Waals surface area contributed by atoms with Crippen LogP contribution in [0.4, 0.5) is 0 Å². The molecule has 0 aliphatic heterocycles. The first-order valence-corrected chi connectivity index (χ1v) is 2.46. The first-order valence-electron chi connectivity index (χ1n) is 2.46. The normalized spacial score (nSPS) is 8.56. The Balaban J connectivity index is 3.03. The SMILES string of the molecule is CC(=C=O)c1ncco1. The molecule has 0 radical (unpaired) electrons. The first-order chi connectivity index (χ1) is 4.34. The fourth-order valence-electron chi connectivity index (χ4n) is 0.452. The Hall–Kier alpha value is -1.34. The van der Waals surface area contributed by atoms with Gasteiger partial charge in [0.1, 0.15) is 12.2 Å². The molecule has 9 heavy (non-hydrogen) atoms. The van der Waals surface area contributed by atoms with Gasteiger partial charge in [-0.05, 0) is 6.92 Å². The van der Waals surface area contributed by atoms with Gasteiger partial charge in [0.2, 0.25) is 5.89 Å². The molecule has 0 aliphatic carbocycles. The van der Waals surface area contributed by atoms with E-state index in [-0.39, 0.29) is 0 Å². The maximum atomic E-state index is 9.94. The molecule has 0 amide bonds.